The van der Waals surface area contributed by atoms with Gasteiger partial charge in [0.15, 0.2) is 0 Å². The monoisotopic (exact) mass is 451 g/mol. The summed E-state index contributed by atoms with van der Waals surface area (Å²) in [5, 5.41) is 3.42. The Morgan fingerprint density at radius 2 is 1.09 bits per heavy atom. The van der Waals surface area contributed by atoms with Crippen LogP contribution in [-0.2, 0) is 6.42 Å². The number of rotatable bonds is 14. The van der Waals surface area contributed by atoms with Gasteiger partial charge in [0.1, 0.15) is 5.82 Å². The molecule has 0 saturated heterocycles. The molecule has 2 aromatic heterocycles. The quantitative estimate of drug-likeness (QED) is 0.225. The van der Waals surface area contributed by atoms with Crippen LogP contribution >= 0.6 is 0 Å². The van der Waals surface area contributed by atoms with Crippen molar-refractivity contribution in [2.45, 2.75) is 77.6 Å². The van der Waals surface area contributed by atoms with Gasteiger partial charge in [-0.3, -0.25) is 15.0 Å². The molecule has 2 heterocycles. The molecule has 0 aromatic carbocycles. The largest absolute Gasteiger partial charge is 0.368 e. The SMILES string of the molecule is CCCCCCCCCCCCNCCc1nc(N)nc(N)n1.O=c1[nH]c(=O)[nH]c(=O)[nH]1. The van der Waals surface area contributed by atoms with Crippen molar-refractivity contribution >= 4 is 11.9 Å². The van der Waals surface area contributed by atoms with Gasteiger partial charge < -0.3 is 16.8 Å². The van der Waals surface area contributed by atoms with Crippen LogP contribution < -0.4 is 33.9 Å². The Hall–Kier alpha value is -3.02. The number of aromatic nitrogens is 6. The molecule has 0 unspecified atom stereocenters. The average molecular weight is 452 g/mol. The molecule has 32 heavy (non-hydrogen) atoms. The van der Waals surface area contributed by atoms with Crippen LogP contribution in [0.1, 0.15) is 77.0 Å². The van der Waals surface area contributed by atoms with Gasteiger partial charge in [0, 0.05) is 13.0 Å². The van der Waals surface area contributed by atoms with E-state index in [1.54, 1.807) is 15.0 Å². The maximum absolute atomic E-state index is 10.2. The van der Waals surface area contributed by atoms with Crippen LogP contribution in [0.2, 0.25) is 0 Å². The number of H-pyrrole nitrogens is 3. The Kier molecular flexibility index (Phi) is 14.1. The number of hydrogen-bond donors (Lipinski definition) is 6. The Labute approximate surface area is 187 Å². The minimum atomic E-state index is -0.802. The third-order valence-electron chi connectivity index (χ3n) is 4.63. The van der Waals surface area contributed by atoms with Gasteiger partial charge in [-0.25, -0.2) is 14.4 Å². The van der Waals surface area contributed by atoms with E-state index in [1.807, 2.05) is 0 Å². The lowest BCUT2D eigenvalue weighted by Gasteiger charge is -2.05. The molecule has 0 aliphatic heterocycles. The summed E-state index contributed by atoms with van der Waals surface area (Å²) in [6.07, 6.45) is 14.4. The maximum Gasteiger partial charge on any atom is 0.330 e. The van der Waals surface area contributed by atoms with Gasteiger partial charge in [-0.2, -0.15) is 15.0 Å². The van der Waals surface area contributed by atoms with Gasteiger partial charge in [-0.05, 0) is 13.0 Å². The normalized spacial score (nSPS) is 10.5. The van der Waals surface area contributed by atoms with Crippen molar-refractivity contribution in [3.05, 3.63) is 37.3 Å². The van der Waals surface area contributed by atoms with Crippen molar-refractivity contribution in [3.63, 3.8) is 0 Å². The van der Waals surface area contributed by atoms with Gasteiger partial charge in [-0.15, -0.1) is 0 Å². The molecule has 12 nitrogen and oxygen atoms in total. The zero-order valence-corrected chi connectivity index (χ0v) is 18.9. The summed E-state index contributed by atoms with van der Waals surface area (Å²) >= 11 is 0. The summed E-state index contributed by atoms with van der Waals surface area (Å²) in [6, 6.07) is 0. The fraction of sp³-hybridized carbons (Fsp3) is 0.700. The molecule has 0 saturated carbocycles. The van der Waals surface area contributed by atoms with Crippen molar-refractivity contribution in [2.75, 3.05) is 24.6 Å². The van der Waals surface area contributed by atoms with E-state index in [4.69, 9.17) is 11.5 Å². The molecular weight excluding hydrogens is 414 g/mol. The zero-order chi connectivity index (χ0) is 23.6. The molecule has 0 fully saturated rings. The second-order valence-electron chi connectivity index (χ2n) is 7.51. The van der Waals surface area contributed by atoms with E-state index in [0.29, 0.717) is 5.82 Å². The summed E-state index contributed by atoms with van der Waals surface area (Å²) in [4.78, 5) is 47.8. The van der Waals surface area contributed by atoms with E-state index < -0.39 is 17.1 Å². The molecule has 2 rings (SSSR count). The highest BCUT2D eigenvalue weighted by molar-refractivity contribution is 5.25. The van der Waals surface area contributed by atoms with Gasteiger partial charge >= 0.3 is 17.1 Å². The number of hydrogen-bond acceptors (Lipinski definition) is 9. The molecule has 0 bridgehead atoms. The molecule has 0 aliphatic rings. The Bertz CT molecular complexity index is 825. The smallest absolute Gasteiger partial charge is 0.330 e. The Balaban J connectivity index is 0.000000471. The maximum atomic E-state index is 10.2. The Morgan fingerprint density at radius 1 is 0.656 bits per heavy atom. The first-order valence-electron chi connectivity index (χ1n) is 11.3. The minimum absolute atomic E-state index is 0.196. The number of anilines is 2. The second kappa shape index (κ2) is 16.6. The van der Waals surface area contributed by atoms with Crippen molar-refractivity contribution in [1.82, 2.24) is 35.2 Å². The third kappa shape index (κ3) is 14.1. The van der Waals surface area contributed by atoms with Crippen LogP contribution in [0.4, 0.5) is 11.9 Å². The third-order valence-corrected chi connectivity index (χ3v) is 4.63. The summed E-state index contributed by atoms with van der Waals surface area (Å²) in [5.41, 5.74) is 8.67. The van der Waals surface area contributed by atoms with E-state index in [0.717, 1.165) is 19.5 Å². The van der Waals surface area contributed by atoms with Gasteiger partial charge in [0.2, 0.25) is 11.9 Å². The summed E-state index contributed by atoms with van der Waals surface area (Å²) in [5.74, 6) is 1.05. The second-order valence-corrected chi connectivity index (χ2v) is 7.51. The van der Waals surface area contributed by atoms with Crippen LogP contribution in [0.5, 0.6) is 0 Å². The molecule has 0 amide bonds. The lowest BCUT2D eigenvalue weighted by molar-refractivity contribution is 0.543. The fourth-order valence-corrected chi connectivity index (χ4v) is 3.03. The van der Waals surface area contributed by atoms with Crippen molar-refractivity contribution in [3.8, 4) is 0 Å². The molecule has 180 valence electrons. The van der Waals surface area contributed by atoms with E-state index in [2.05, 4.69) is 27.2 Å². The predicted octanol–water partition coefficient (Wildman–Crippen LogP) is 0.841. The van der Waals surface area contributed by atoms with E-state index in [-0.39, 0.29) is 11.9 Å². The summed E-state index contributed by atoms with van der Waals surface area (Å²) in [7, 11) is 0. The number of unbranched alkanes of at least 4 members (excludes halogenated alkanes) is 9. The van der Waals surface area contributed by atoms with E-state index >= 15 is 0 Å². The number of nitrogens with two attached hydrogens (primary N) is 2. The van der Waals surface area contributed by atoms with E-state index in [1.165, 1.54) is 64.2 Å². The number of nitrogen functional groups attached to an aromatic ring is 2. The molecule has 8 N–H and O–H groups in total. The van der Waals surface area contributed by atoms with Gasteiger partial charge in [0.05, 0.1) is 0 Å². The highest BCUT2D eigenvalue weighted by Gasteiger charge is 2.01. The molecular formula is C20H37N9O3. The Morgan fingerprint density at radius 3 is 1.56 bits per heavy atom. The number of aromatic amines is 3. The highest BCUT2D eigenvalue weighted by atomic mass is 16.2. The lowest BCUT2D eigenvalue weighted by atomic mass is 10.1. The molecule has 0 spiro atoms. The van der Waals surface area contributed by atoms with Crippen molar-refractivity contribution in [2.24, 2.45) is 0 Å². The van der Waals surface area contributed by atoms with Gasteiger partial charge in [-0.1, -0.05) is 64.7 Å². The van der Waals surface area contributed by atoms with Crippen LogP contribution in [0.25, 0.3) is 0 Å². The lowest BCUT2D eigenvalue weighted by Crippen LogP contribution is -2.34. The van der Waals surface area contributed by atoms with Crippen molar-refractivity contribution < 1.29 is 0 Å². The predicted molar refractivity (Wildman–Crippen MR) is 125 cm³/mol. The van der Waals surface area contributed by atoms with E-state index in [9.17, 15) is 14.4 Å². The highest BCUT2D eigenvalue weighted by Crippen LogP contribution is 2.10. The van der Waals surface area contributed by atoms with Crippen molar-refractivity contribution in [1.29, 1.82) is 0 Å². The molecule has 0 atom stereocenters. The summed E-state index contributed by atoms with van der Waals surface area (Å²) in [6.45, 7) is 4.16. The van der Waals surface area contributed by atoms with Crippen LogP contribution in [0.3, 0.4) is 0 Å². The number of nitrogens with one attached hydrogen (secondary N) is 4. The average Bonchev–Trinajstić information content (AvgIpc) is 2.70. The number of nitrogens with zero attached hydrogens (tertiary/aromatic N) is 3. The topological polar surface area (TPSA) is 201 Å². The molecule has 2 aromatic rings. The summed E-state index contributed by atoms with van der Waals surface area (Å²) < 4.78 is 0. The standard InChI is InChI=1S/C17H34N6.C3H3N3O3/c1-2-3-4-5-6-7-8-9-10-11-13-20-14-12-15-21-16(18)23-17(19)22-15;7-1-4-2(8)6-3(9)5-1/h20H,2-14H2,1H3,(H4,18,19,21,22,23);(H3,4,5,6,7,8,9). The molecule has 12 heteroatoms. The van der Waals surface area contributed by atoms with Gasteiger partial charge in [0.25, 0.3) is 0 Å². The first-order chi connectivity index (χ1) is 15.4. The van der Waals surface area contributed by atoms with Crippen LogP contribution in [-0.4, -0.2) is 43.0 Å². The molecule has 0 aliphatic carbocycles. The van der Waals surface area contributed by atoms with Crippen LogP contribution in [0, 0.1) is 0 Å². The van der Waals surface area contributed by atoms with Crippen LogP contribution in [0.15, 0.2) is 14.4 Å². The minimum Gasteiger partial charge on any atom is -0.368 e. The first kappa shape index (κ1) is 27.0. The fourth-order valence-electron chi connectivity index (χ4n) is 3.03. The molecule has 0 radical (unpaired) electrons. The first-order valence-corrected chi connectivity index (χ1v) is 11.3. The zero-order valence-electron chi connectivity index (χ0n) is 18.9.